The molecule has 3 aromatic rings. The normalized spacial score (nSPS) is 9.72. The number of hydrogen-bond acceptors (Lipinski definition) is 3. The molecular weight excluding hydrogens is 312 g/mol. The van der Waals surface area contributed by atoms with E-state index in [1.54, 1.807) is 30.6 Å². The van der Waals surface area contributed by atoms with Gasteiger partial charge in [-0.25, -0.2) is 4.79 Å². The van der Waals surface area contributed by atoms with E-state index in [1.807, 2.05) is 57.2 Å². The number of pyridine rings is 1. The van der Waals surface area contributed by atoms with Crippen molar-refractivity contribution in [2.24, 2.45) is 0 Å². The van der Waals surface area contributed by atoms with Crippen molar-refractivity contribution < 1.29 is 9.90 Å². The second kappa shape index (κ2) is 8.64. The number of hydrogen-bond donors (Lipinski definition) is 2. The molecule has 0 spiro atoms. The van der Waals surface area contributed by atoms with Gasteiger partial charge in [-0.15, -0.1) is 0 Å². The Balaban J connectivity index is 0.000000269. The number of carboxylic acids is 1. The Morgan fingerprint density at radius 1 is 0.880 bits per heavy atom. The molecule has 4 heteroatoms. The number of aromatic carboxylic acids is 1. The second-order valence-electron chi connectivity index (χ2n) is 5.75. The smallest absolute Gasteiger partial charge is 0.337 e. The molecule has 128 valence electrons. The number of carboxylic acid groups (broad SMARTS) is 1. The van der Waals surface area contributed by atoms with Crippen LogP contribution in [-0.2, 0) is 0 Å². The van der Waals surface area contributed by atoms with E-state index in [9.17, 15) is 4.79 Å². The number of nitrogens with zero attached hydrogens (tertiary/aromatic N) is 1. The molecule has 0 fully saturated rings. The summed E-state index contributed by atoms with van der Waals surface area (Å²) in [5.41, 5.74) is 5.38. The van der Waals surface area contributed by atoms with Gasteiger partial charge in [0.15, 0.2) is 0 Å². The summed E-state index contributed by atoms with van der Waals surface area (Å²) in [5, 5.41) is 12.3. The number of carbonyl (C=O) groups is 1. The van der Waals surface area contributed by atoms with Crippen molar-refractivity contribution >= 4 is 17.3 Å². The van der Waals surface area contributed by atoms with Crippen LogP contribution in [0.15, 0.2) is 67.0 Å². The average Bonchev–Trinajstić information content (AvgIpc) is 2.60. The van der Waals surface area contributed by atoms with Gasteiger partial charge in [0, 0.05) is 18.1 Å². The number of aromatic nitrogens is 1. The first-order valence-electron chi connectivity index (χ1n) is 8.01. The first-order valence-corrected chi connectivity index (χ1v) is 8.01. The topological polar surface area (TPSA) is 62.2 Å². The first-order chi connectivity index (χ1) is 12.0. The molecule has 25 heavy (non-hydrogen) atoms. The van der Waals surface area contributed by atoms with Crippen molar-refractivity contribution in [2.45, 2.75) is 20.8 Å². The summed E-state index contributed by atoms with van der Waals surface area (Å²) in [6.07, 6.45) is 3.57. The molecule has 0 bridgehead atoms. The van der Waals surface area contributed by atoms with E-state index in [4.69, 9.17) is 5.11 Å². The maximum Gasteiger partial charge on any atom is 0.337 e. The largest absolute Gasteiger partial charge is 0.478 e. The molecule has 0 radical (unpaired) electrons. The predicted molar refractivity (Wildman–Crippen MR) is 102 cm³/mol. The molecule has 0 saturated carbocycles. The Hall–Kier alpha value is -3.14. The van der Waals surface area contributed by atoms with Crippen LogP contribution in [0.1, 0.15) is 27.0 Å². The molecule has 2 N–H and O–H groups in total. The van der Waals surface area contributed by atoms with Crippen LogP contribution in [0.2, 0.25) is 0 Å². The van der Waals surface area contributed by atoms with Crippen molar-refractivity contribution in [1.29, 1.82) is 0 Å². The molecule has 3 rings (SSSR count). The number of para-hydroxylation sites is 1. The zero-order valence-electron chi connectivity index (χ0n) is 14.7. The number of rotatable bonds is 3. The second-order valence-corrected chi connectivity index (χ2v) is 5.75. The third-order valence-corrected chi connectivity index (χ3v) is 3.88. The van der Waals surface area contributed by atoms with Gasteiger partial charge in [-0.3, -0.25) is 4.98 Å². The first kappa shape index (κ1) is 18.2. The van der Waals surface area contributed by atoms with Crippen LogP contribution in [0.5, 0.6) is 0 Å². The van der Waals surface area contributed by atoms with Gasteiger partial charge in [0.2, 0.25) is 0 Å². The van der Waals surface area contributed by atoms with Crippen LogP contribution in [0.4, 0.5) is 11.4 Å². The van der Waals surface area contributed by atoms with E-state index in [0.29, 0.717) is 5.69 Å². The molecule has 2 aromatic carbocycles. The van der Waals surface area contributed by atoms with E-state index in [-0.39, 0.29) is 5.56 Å². The molecule has 0 amide bonds. The van der Waals surface area contributed by atoms with Crippen molar-refractivity contribution in [3.05, 3.63) is 89.2 Å². The van der Waals surface area contributed by atoms with Gasteiger partial charge in [0.1, 0.15) is 0 Å². The van der Waals surface area contributed by atoms with Crippen molar-refractivity contribution in [1.82, 2.24) is 4.98 Å². The Bertz CT molecular complexity index is 846. The zero-order valence-corrected chi connectivity index (χ0v) is 14.7. The number of benzene rings is 2. The average molecular weight is 334 g/mol. The Kier molecular flexibility index (Phi) is 6.29. The summed E-state index contributed by atoms with van der Waals surface area (Å²) in [6, 6.07) is 16.8. The molecule has 0 aliphatic heterocycles. The summed E-state index contributed by atoms with van der Waals surface area (Å²) in [7, 11) is 0. The van der Waals surface area contributed by atoms with E-state index < -0.39 is 5.97 Å². The number of nitrogens with one attached hydrogen (secondary N) is 1. The van der Waals surface area contributed by atoms with Crippen molar-refractivity contribution in [3.8, 4) is 0 Å². The van der Waals surface area contributed by atoms with Gasteiger partial charge >= 0.3 is 5.97 Å². The van der Waals surface area contributed by atoms with Crippen LogP contribution in [-0.4, -0.2) is 16.1 Å². The molecule has 1 heterocycles. The highest BCUT2D eigenvalue weighted by Gasteiger charge is 2.10. The quantitative estimate of drug-likeness (QED) is 0.696. The Labute approximate surface area is 148 Å². The Morgan fingerprint density at radius 3 is 2.12 bits per heavy atom. The van der Waals surface area contributed by atoms with Crippen molar-refractivity contribution in [2.75, 3.05) is 5.32 Å². The summed E-state index contributed by atoms with van der Waals surface area (Å²) >= 11 is 0. The summed E-state index contributed by atoms with van der Waals surface area (Å²) in [6.45, 7) is 6.09. The molecule has 1 aromatic heterocycles. The van der Waals surface area contributed by atoms with Crippen LogP contribution >= 0.6 is 0 Å². The maximum atomic E-state index is 11.1. The minimum absolute atomic E-state index is 0.276. The fraction of sp³-hybridized carbons (Fsp3) is 0.143. The van der Waals surface area contributed by atoms with E-state index in [2.05, 4.69) is 10.3 Å². The molecule has 0 aliphatic rings. The standard InChI is InChI=1S/C15H15NO2.C6H7N/c1-10-6-5-9-13(11(10)2)16-14-8-4-3-7-12(14)15(17)18;1-6-2-4-7-5-3-6/h3-9,16H,1-2H3,(H,17,18);2-5H,1H3. The third-order valence-electron chi connectivity index (χ3n) is 3.88. The lowest BCUT2D eigenvalue weighted by Crippen LogP contribution is -2.03. The molecular formula is C21H22N2O2. The van der Waals surface area contributed by atoms with Gasteiger partial charge in [0.25, 0.3) is 0 Å². The monoisotopic (exact) mass is 334 g/mol. The SMILES string of the molecule is Cc1cccc(Nc2ccccc2C(=O)O)c1C.Cc1ccncc1. The highest BCUT2D eigenvalue weighted by Crippen LogP contribution is 2.25. The van der Waals surface area contributed by atoms with Crippen molar-refractivity contribution in [3.63, 3.8) is 0 Å². The summed E-state index contributed by atoms with van der Waals surface area (Å²) in [5.74, 6) is -0.927. The lowest BCUT2D eigenvalue weighted by molar-refractivity contribution is 0.0698. The minimum Gasteiger partial charge on any atom is -0.478 e. The van der Waals surface area contributed by atoms with E-state index in [1.165, 1.54) is 11.1 Å². The third kappa shape index (κ3) is 5.18. The van der Waals surface area contributed by atoms with Gasteiger partial charge in [0.05, 0.1) is 11.3 Å². The molecule has 0 atom stereocenters. The predicted octanol–water partition coefficient (Wildman–Crippen LogP) is 5.14. The highest BCUT2D eigenvalue weighted by molar-refractivity contribution is 5.95. The van der Waals surface area contributed by atoms with Crippen LogP contribution < -0.4 is 5.32 Å². The van der Waals surface area contributed by atoms with Gasteiger partial charge in [-0.1, -0.05) is 24.3 Å². The molecule has 4 nitrogen and oxygen atoms in total. The fourth-order valence-corrected chi connectivity index (χ4v) is 2.24. The lowest BCUT2D eigenvalue weighted by atomic mass is 10.1. The molecule has 0 saturated heterocycles. The molecule has 0 unspecified atom stereocenters. The lowest BCUT2D eigenvalue weighted by Gasteiger charge is -2.13. The van der Waals surface area contributed by atoms with Crippen LogP contribution in [0.3, 0.4) is 0 Å². The van der Waals surface area contributed by atoms with Crippen LogP contribution in [0.25, 0.3) is 0 Å². The molecule has 0 aliphatic carbocycles. The fourth-order valence-electron chi connectivity index (χ4n) is 2.24. The summed E-state index contributed by atoms with van der Waals surface area (Å²) in [4.78, 5) is 15.0. The zero-order chi connectivity index (χ0) is 18.2. The Morgan fingerprint density at radius 2 is 1.52 bits per heavy atom. The number of aryl methyl sites for hydroxylation is 2. The van der Waals surface area contributed by atoms with Crippen LogP contribution in [0, 0.1) is 20.8 Å². The van der Waals surface area contributed by atoms with Gasteiger partial charge in [-0.2, -0.15) is 0 Å². The maximum absolute atomic E-state index is 11.1. The summed E-state index contributed by atoms with van der Waals surface area (Å²) < 4.78 is 0. The van der Waals surface area contributed by atoms with E-state index in [0.717, 1.165) is 11.3 Å². The van der Waals surface area contributed by atoms with Gasteiger partial charge < -0.3 is 10.4 Å². The van der Waals surface area contributed by atoms with E-state index >= 15 is 0 Å². The highest BCUT2D eigenvalue weighted by atomic mass is 16.4. The minimum atomic E-state index is -0.927. The number of anilines is 2. The van der Waals surface area contributed by atoms with Gasteiger partial charge in [-0.05, 0) is 67.8 Å².